The molecular formula is C13H20N2O4. The molecule has 19 heavy (non-hydrogen) atoms. The van der Waals surface area contributed by atoms with Crippen LogP contribution in [0.5, 0.6) is 5.75 Å². The van der Waals surface area contributed by atoms with Crippen LogP contribution in [0.25, 0.3) is 0 Å². The number of nitro groups is 1. The molecule has 1 aromatic rings. The van der Waals surface area contributed by atoms with Crippen molar-refractivity contribution >= 4 is 5.69 Å². The van der Waals surface area contributed by atoms with E-state index < -0.39 is 4.92 Å². The lowest BCUT2D eigenvalue weighted by Gasteiger charge is -2.23. The number of nitrogens with zero attached hydrogens (tertiary/aromatic N) is 1. The van der Waals surface area contributed by atoms with Gasteiger partial charge in [0.05, 0.1) is 17.6 Å². The first-order valence-electron chi connectivity index (χ1n) is 5.97. The third kappa shape index (κ3) is 4.50. The Hall–Kier alpha value is -1.66. The molecule has 0 heterocycles. The maximum atomic E-state index is 10.8. The van der Waals surface area contributed by atoms with Gasteiger partial charge in [0.2, 0.25) is 0 Å². The van der Waals surface area contributed by atoms with Crippen LogP contribution >= 0.6 is 0 Å². The summed E-state index contributed by atoms with van der Waals surface area (Å²) in [7, 11) is 3.19. The van der Waals surface area contributed by atoms with Crippen molar-refractivity contribution in [3.63, 3.8) is 0 Å². The molecule has 0 spiro atoms. The fourth-order valence-electron chi connectivity index (χ4n) is 1.59. The molecule has 0 unspecified atom stereocenters. The van der Waals surface area contributed by atoms with E-state index in [0.717, 1.165) is 5.56 Å². The number of ether oxygens (including phenoxy) is 2. The number of non-ortho nitro benzene ring substituents is 1. The zero-order valence-corrected chi connectivity index (χ0v) is 11.7. The average Bonchev–Trinajstić information content (AvgIpc) is 2.38. The first kappa shape index (κ1) is 15.4. The van der Waals surface area contributed by atoms with E-state index in [1.807, 2.05) is 13.8 Å². The Morgan fingerprint density at radius 2 is 2.05 bits per heavy atom. The summed E-state index contributed by atoms with van der Waals surface area (Å²) >= 11 is 0. The summed E-state index contributed by atoms with van der Waals surface area (Å²) in [5, 5.41) is 14.0. The van der Waals surface area contributed by atoms with Gasteiger partial charge in [-0.05, 0) is 19.9 Å². The smallest absolute Gasteiger partial charge is 0.270 e. The van der Waals surface area contributed by atoms with Gasteiger partial charge in [0.1, 0.15) is 5.75 Å². The van der Waals surface area contributed by atoms with E-state index in [1.54, 1.807) is 20.3 Å². The molecule has 1 rings (SSSR count). The van der Waals surface area contributed by atoms with Crippen molar-refractivity contribution in [1.82, 2.24) is 5.32 Å². The van der Waals surface area contributed by atoms with Crippen LogP contribution in [0.1, 0.15) is 19.4 Å². The number of hydrogen-bond acceptors (Lipinski definition) is 5. The van der Waals surface area contributed by atoms with Crippen molar-refractivity contribution < 1.29 is 14.4 Å². The number of methoxy groups -OCH3 is 2. The zero-order valence-electron chi connectivity index (χ0n) is 11.7. The third-order valence-electron chi connectivity index (χ3n) is 2.89. The lowest BCUT2D eigenvalue weighted by molar-refractivity contribution is -0.384. The monoisotopic (exact) mass is 268 g/mol. The second-order valence-electron chi connectivity index (χ2n) is 4.82. The highest BCUT2D eigenvalue weighted by molar-refractivity contribution is 5.43. The molecule has 0 saturated heterocycles. The quantitative estimate of drug-likeness (QED) is 0.605. The first-order valence-corrected chi connectivity index (χ1v) is 5.97. The molecule has 0 aliphatic carbocycles. The standard InChI is InChI=1S/C13H20N2O4/c1-13(2,19-4)9-14-8-10-7-11(15(16)17)5-6-12(10)18-3/h5-7,14H,8-9H2,1-4H3. The first-order chi connectivity index (χ1) is 8.89. The molecule has 1 aromatic carbocycles. The summed E-state index contributed by atoms with van der Waals surface area (Å²) in [5.74, 6) is 0.633. The van der Waals surface area contributed by atoms with Crippen LogP contribution in [-0.4, -0.2) is 31.3 Å². The van der Waals surface area contributed by atoms with Crippen LogP contribution in [0.2, 0.25) is 0 Å². The van der Waals surface area contributed by atoms with E-state index in [4.69, 9.17) is 9.47 Å². The van der Waals surface area contributed by atoms with Crippen molar-refractivity contribution in [3.8, 4) is 5.75 Å². The zero-order chi connectivity index (χ0) is 14.5. The van der Waals surface area contributed by atoms with Gasteiger partial charge in [0.15, 0.2) is 0 Å². The summed E-state index contributed by atoms with van der Waals surface area (Å²) in [6.07, 6.45) is 0. The summed E-state index contributed by atoms with van der Waals surface area (Å²) in [6, 6.07) is 4.56. The molecule has 6 heteroatoms. The summed E-state index contributed by atoms with van der Waals surface area (Å²) in [4.78, 5) is 10.3. The predicted molar refractivity (Wildman–Crippen MR) is 72.4 cm³/mol. The van der Waals surface area contributed by atoms with Crippen LogP contribution < -0.4 is 10.1 Å². The molecule has 1 N–H and O–H groups in total. The Labute approximate surface area is 112 Å². The molecule has 0 amide bonds. The summed E-state index contributed by atoms with van der Waals surface area (Å²) in [6.45, 7) is 5.04. The Balaban J connectivity index is 2.75. The van der Waals surface area contributed by atoms with Crippen molar-refractivity contribution in [2.75, 3.05) is 20.8 Å². The second-order valence-corrected chi connectivity index (χ2v) is 4.82. The van der Waals surface area contributed by atoms with E-state index in [0.29, 0.717) is 18.8 Å². The fraction of sp³-hybridized carbons (Fsp3) is 0.538. The van der Waals surface area contributed by atoms with Crippen LogP contribution in [0.15, 0.2) is 18.2 Å². The van der Waals surface area contributed by atoms with Gasteiger partial charge in [-0.1, -0.05) is 0 Å². The molecule has 106 valence electrons. The highest BCUT2D eigenvalue weighted by Gasteiger charge is 2.16. The van der Waals surface area contributed by atoms with E-state index in [9.17, 15) is 10.1 Å². The molecule has 0 saturated carbocycles. The average molecular weight is 268 g/mol. The lowest BCUT2D eigenvalue weighted by atomic mass is 10.1. The minimum atomic E-state index is -0.415. The van der Waals surface area contributed by atoms with E-state index in [-0.39, 0.29) is 11.3 Å². The van der Waals surface area contributed by atoms with Gasteiger partial charge in [-0.3, -0.25) is 10.1 Å². The maximum Gasteiger partial charge on any atom is 0.270 e. The number of rotatable bonds is 7. The molecule has 0 aliphatic rings. The SMILES string of the molecule is COc1ccc([N+](=O)[O-])cc1CNCC(C)(C)OC. The van der Waals surface area contributed by atoms with Crippen LogP contribution in [0, 0.1) is 10.1 Å². The molecule has 0 atom stereocenters. The Morgan fingerprint density at radius 3 is 2.58 bits per heavy atom. The van der Waals surface area contributed by atoms with Crippen LogP contribution in [0.3, 0.4) is 0 Å². The van der Waals surface area contributed by atoms with Gasteiger partial charge < -0.3 is 14.8 Å². The van der Waals surface area contributed by atoms with Gasteiger partial charge in [-0.2, -0.15) is 0 Å². The molecule has 0 radical (unpaired) electrons. The Kier molecular flexibility index (Phi) is 5.26. The van der Waals surface area contributed by atoms with Gasteiger partial charge in [-0.15, -0.1) is 0 Å². The maximum absolute atomic E-state index is 10.8. The van der Waals surface area contributed by atoms with E-state index in [2.05, 4.69) is 5.32 Å². The lowest BCUT2D eigenvalue weighted by Crippen LogP contribution is -2.36. The molecular weight excluding hydrogens is 248 g/mol. The number of benzene rings is 1. The number of hydrogen-bond donors (Lipinski definition) is 1. The predicted octanol–water partition coefficient (Wildman–Crippen LogP) is 2.12. The van der Waals surface area contributed by atoms with Crippen molar-refractivity contribution in [1.29, 1.82) is 0 Å². The van der Waals surface area contributed by atoms with Crippen molar-refractivity contribution in [3.05, 3.63) is 33.9 Å². The van der Waals surface area contributed by atoms with Crippen molar-refractivity contribution in [2.24, 2.45) is 0 Å². The molecule has 0 aliphatic heterocycles. The van der Waals surface area contributed by atoms with Gasteiger partial charge >= 0.3 is 0 Å². The third-order valence-corrected chi connectivity index (χ3v) is 2.89. The normalized spacial score (nSPS) is 11.4. The van der Waals surface area contributed by atoms with Crippen LogP contribution in [0.4, 0.5) is 5.69 Å². The van der Waals surface area contributed by atoms with E-state index in [1.165, 1.54) is 12.1 Å². The largest absolute Gasteiger partial charge is 0.496 e. The minimum absolute atomic E-state index is 0.0589. The molecule has 0 bridgehead atoms. The van der Waals surface area contributed by atoms with E-state index >= 15 is 0 Å². The summed E-state index contributed by atoms with van der Waals surface area (Å²) < 4.78 is 10.5. The molecule has 6 nitrogen and oxygen atoms in total. The van der Waals surface area contributed by atoms with Gasteiger partial charge in [-0.25, -0.2) is 0 Å². The fourth-order valence-corrected chi connectivity index (χ4v) is 1.59. The highest BCUT2D eigenvalue weighted by atomic mass is 16.6. The van der Waals surface area contributed by atoms with Crippen molar-refractivity contribution in [2.45, 2.75) is 26.0 Å². The molecule has 0 fully saturated rings. The van der Waals surface area contributed by atoms with Crippen LogP contribution in [-0.2, 0) is 11.3 Å². The topological polar surface area (TPSA) is 73.6 Å². The Morgan fingerprint density at radius 1 is 1.37 bits per heavy atom. The molecule has 0 aromatic heterocycles. The number of nitro benzene ring substituents is 1. The minimum Gasteiger partial charge on any atom is -0.496 e. The van der Waals surface area contributed by atoms with Gasteiger partial charge in [0, 0.05) is 37.9 Å². The van der Waals surface area contributed by atoms with Gasteiger partial charge in [0.25, 0.3) is 5.69 Å². The highest BCUT2D eigenvalue weighted by Crippen LogP contribution is 2.23. The summed E-state index contributed by atoms with van der Waals surface area (Å²) in [5.41, 5.74) is 0.528. The Bertz CT molecular complexity index is 446. The number of nitrogens with one attached hydrogen (secondary N) is 1. The second kappa shape index (κ2) is 6.49.